The SMILES string of the molecule is COC(=O)c1ccccc1S(=O)(=O)NCCC1CCCN1. The Morgan fingerprint density at radius 1 is 1.43 bits per heavy atom. The van der Waals surface area contributed by atoms with Gasteiger partial charge in [0.2, 0.25) is 10.0 Å². The quantitative estimate of drug-likeness (QED) is 0.762. The molecule has 1 aromatic rings. The van der Waals surface area contributed by atoms with Gasteiger partial charge in [0, 0.05) is 12.6 Å². The first kappa shape index (κ1) is 15.9. The summed E-state index contributed by atoms with van der Waals surface area (Å²) in [6.45, 7) is 1.33. The van der Waals surface area contributed by atoms with E-state index in [9.17, 15) is 13.2 Å². The molecule has 1 heterocycles. The molecular weight excluding hydrogens is 292 g/mol. The summed E-state index contributed by atoms with van der Waals surface area (Å²) in [4.78, 5) is 11.6. The van der Waals surface area contributed by atoms with Crippen molar-refractivity contribution in [2.24, 2.45) is 0 Å². The zero-order chi connectivity index (χ0) is 15.3. The summed E-state index contributed by atoms with van der Waals surface area (Å²) in [6, 6.07) is 6.40. The Morgan fingerprint density at radius 2 is 2.19 bits per heavy atom. The van der Waals surface area contributed by atoms with Gasteiger partial charge in [-0.05, 0) is 37.9 Å². The first-order valence-electron chi connectivity index (χ1n) is 6.95. The van der Waals surface area contributed by atoms with Crippen LogP contribution in [-0.4, -0.2) is 40.6 Å². The lowest BCUT2D eigenvalue weighted by atomic mass is 10.2. The molecule has 0 radical (unpaired) electrons. The Labute approximate surface area is 124 Å². The monoisotopic (exact) mass is 312 g/mol. The van der Waals surface area contributed by atoms with E-state index < -0.39 is 16.0 Å². The maximum absolute atomic E-state index is 12.3. The minimum atomic E-state index is -3.72. The lowest BCUT2D eigenvalue weighted by Crippen LogP contribution is -2.31. The van der Waals surface area contributed by atoms with Crippen molar-refractivity contribution >= 4 is 16.0 Å². The van der Waals surface area contributed by atoms with Crippen LogP contribution < -0.4 is 10.0 Å². The summed E-state index contributed by atoms with van der Waals surface area (Å²) >= 11 is 0. The lowest BCUT2D eigenvalue weighted by molar-refractivity contribution is 0.0596. The Balaban J connectivity index is 2.06. The smallest absolute Gasteiger partial charge is 0.339 e. The molecule has 1 fully saturated rings. The summed E-state index contributed by atoms with van der Waals surface area (Å²) in [5.74, 6) is -0.659. The van der Waals surface area contributed by atoms with Gasteiger partial charge in [-0.15, -0.1) is 0 Å². The number of nitrogens with one attached hydrogen (secondary N) is 2. The predicted octanol–water partition coefficient (Wildman–Crippen LogP) is 0.894. The first-order valence-corrected chi connectivity index (χ1v) is 8.43. The Morgan fingerprint density at radius 3 is 2.86 bits per heavy atom. The van der Waals surface area contributed by atoms with Gasteiger partial charge in [0.1, 0.15) is 0 Å². The van der Waals surface area contributed by atoms with Crippen LogP contribution in [-0.2, 0) is 14.8 Å². The number of rotatable bonds is 6. The molecule has 1 aromatic carbocycles. The molecule has 0 amide bonds. The largest absolute Gasteiger partial charge is 0.465 e. The minimum absolute atomic E-state index is 0.0452. The molecule has 1 aliphatic rings. The molecule has 1 aliphatic heterocycles. The standard InChI is InChI=1S/C14H20N2O4S/c1-20-14(17)12-6-2-3-7-13(12)21(18,19)16-10-8-11-5-4-9-15-11/h2-3,6-7,11,15-16H,4-5,8-10H2,1H3. The predicted molar refractivity (Wildman–Crippen MR) is 78.6 cm³/mol. The molecule has 0 saturated carbocycles. The second kappa shape index (κ2) is 7.02. The van der Waals surface area contributed by atoms with Crippen LogP contribution in [0.1, 0.15) is 29.6 Å². The average Bonchev–Trinajstić information content (AvgIpc) is 2.99. The van der Waals surface area contributed by atoms with E-state index in [2.05, 4.69) is 14.8 Å². The van der Waals surface area contributed by atoms with Gasteiger partial charge >= 0.3 is 5.97 Å². The molecule has 7 heteroatoms. The van der Waals surface area contributed by atoms with Crippen molar-refractivity contribution in [1.29, 1.82) is 0 Å². The highest BCUT2D eigenvalue weighted by atomic mass is 32.2. The number of hydrogen-bond donors (Lipinski definition) is 2. The zero-order valence-electron chi connectivity index (χ0n) is 12.0. The van der Waals surface area contributed by atoms with Gasteiger partial charge in [-0.25, -0.2) is 17.9 Å². The van der Waals surface area contributed by atoms with E-state index >= 15 is 0 Å². The lowest BCUT2D eigenvalue weighted by Gasteiger charge is -2.12. The topological polar surface area (TPSA) is 84.5 Å². The summed E-state index contributed by atoms with van der Waals surface area (Å²) in [5, 5.41) is 3.31. The van der Waals surface area contributed by atoms with Crippen molar-refractivity contribution in [3.8, 4) is 0 Å². The summed E-state index contributed by atoms with van der Waals surface area (Å²) < 4.78 is 31.8. The number of benzene rings is 1. The number of esters is 1. The summed E-state index contributed by atoms with van der Waals surface area (Å²) in [6.07, 6.45) is 2.93. The van der Waals surface area contributed by atoms with Crippen molar-refractivity contribution in [3.05, 3.63) is 29.8 Å². The number of carbonyl (C=O) groups excluding carboxylic acids is 1. The molecule has 2 rings (SSSR count). The summed E-state index contributed by atoms with van der Waals surface area (Å²) in [5.41, 5.74) is 0.0477. The van der Waals surface area contributed by atoms with Gasteiger partial charge < -0.3 is 10.1 Å². The van der Waals surface area contributed by atoms with E-state index in [-0.39, 0.29) is 10.5 Å². The molecule has 1 atom stereocenters. The third-order valence-corrected chi connectivity index (χ3v) is 5.05. The van der Waals surface area contributed by atoms with Crippen molar-refractivity contribution < 1.29 is 17.9 Å². The first-order chi connectivity index (χ1) is 10.0. The van der Waals surface area contributed by atoms with Crippen LogP contribution in [0.3, 0.4) is 0 Å². The number of ether oxygens (including phenoxy) is 1. The fourth-order valence-electron chi connectivity index (χ4n) is 2.43. The maximum atomic E-state index is 12.3. The number of sulfonamides is 1. The second-order valence-electron chi connectivity index (χ2n) is 4.97. The van der Waals surface area contributed by atoms with E-state index in [0.29, 0.717) is 12.6 Å². The van der Waals surface area contributed by atoms with Crippen LogP contribution in [0.25, 0.3) is 0 Å². The van der Waals surface area contributed by atoms with Crippen LogP contribution in [0.2, 0.25) is 0 Å². The normalized spacial score (nSPS) is 18.6. The Bertz CT molecular complexity index is 595. The third kappa shape index (κ3) is 4.03. The zero-order valence-corrected chi connectivity index (χ0v) is 12.8. The highest BCUT2D eigenvalue weighted by Gasteiger charge is 2.23. The number of hydrogen-bond acceptors (Lipinski definition) is 5. The molecule has 21 heavy (non-hydrogen) atoms. The molecule has 0 bridgehead atoms. The minimum Gasteiger partial charge on any atom is -0.465 e. The molecular formula is C14H20N2O4S. The van der Waals surface area contributed by atoms with Gasteiger partial charge in [0.05, 0.1) is 17.6 Å². The Kier molecular flexibility index (Phi) is 5.33. The van der Waals surface area contributed by atoms with Crippen molar-refractivity contribution in [2.45, 2.75) is 30.2 Å². The fourth-order valence-corrected chi connectivity index (χ4v) is 3.67. The van der Waals surface area contributed by atoms with Gasteiger partial charge in [0.15, 0.2) is 0 Å². The third-order valence-electron chi connectivity index (χ3n) is 3.53. The molecule has 6 nitrogen and oxygen atoms in total. The van der Waals surface area contributed by atoms with Gasteiger partial charge in [-0.1, -0.05) is 12.1 Å². The van der Waals surface area contributed by atoms with Crippen LogP contribution in [0.5, 0.6) is 0 Å². The van der Waals surface area contributed by atoms with Crippen LogP contribution in [0.15, 0.2) is 29.2 Å². The van der Waals surface area contributed by atoms with Crippen LogP contribution >= 0.6 is 0 Å². The van der Waals surface area contributed by atoms with Crippen LogP contribution in [0, 0.1) is 0 Å². The average molecular weight is 312 g/mol. The second-order valence-corrected chi connectivity index (χ2v) is 6.70. The van der Waals surface area contributed by atoms with Crippen molar-refractivity contribution in [1.82, 2.24) is 10.0 Å². The molecule has 2 N–H and O–H groups in total. The molecule has 1 unspecified atom stereocenters. The van der Waals surface area contributed by atoms with E-state index in [4.69, 9.17) is 0 Å². The van der Waals surface area contributed by atoms with Gasteiger partial charge in [-0.2, -0.15) is 0 Å². The Hall–Kier alpha value is -1.44. The van der Waals surface area contributed by atoms with Crippen molar-refractivity contribution in [3.63, 3.8) is 0 Å². The number of carbonyl (C=O) groups is 1. The highest BCUT2D eigenvalue weighted by molar-refractivity contribution is 7.89. The highest BCUT2D eigenvalue weighted by Crippen LogP contribution is 2.16. The summed E-state index contributed by atoms with van der Waals surface area (Å²) in [7, 11) is -2.49. The van der Waals surface area contributed by atoms with E-state index in [1.165, 1.54) is 19.2 Å². The maximum Gasteiger partial charge on any atom is 0.339 e. The molecule has 0 aromatic heterocycles. The molecule has 0 spiro atoms. The van der Waals surface area contributed by atoms with Crippen molar-refractivity contribution in [2.75, 3.05) is 20.2 Å². The number of methoxy groups -OCH3 is 1. The molecule has 116 valence electrons. The van der Waals surface area contributed by atoms with E-state index in [1.54, 1.807) is 12.1 Å². The van der Waals surface area contributed by atoms with E-state index in [1.807, 2.05) is 0 Å². The van der Waals surface area contributed by atoms with Gasteiger partial charge in [-0.3, -0.25) is 0 Å². The van der Waals surface area contributed by atoms with E-state index in [0.717, 1.165) is 25.8 Å². The van der Waals surface area contributed by atoms with Gasteiger partial charge in [0.25, 0.3) is 0 Å². The molecule has 0 aliphatic carbocycles. The van der Waals surface area contributed by atoms with Crippen LogP contribution in [0.4, 0.5) is 0 Å². The fraction of sp³-hybridized carbons (Fsp3) is 0.500. The molecule has 1 saturated heterocycles.